The first-order valence-corrected chi connectivity index (χ1v) is 8.37. The van der Waals surface area contributed by atoms with Gasteiger partial charge in [0, 0.05) is 45.9 Å². The quantitative estimate of drug-likeness (QED) is 0.521. The highest BCUT2D eigenvalue weighted by atomic mass is 35.5. The summed E-state index contributed by atoms with van der Waals surface area (Å²) in [7, 11) is 0. The van der Waals surface area contributed by atoms with Crippen LogP contribution in [0.15, 0.2) is 73.2 Å². The average molecular weight is 357 g/mol. The number of fused-ring (bicyclic) bond motifs is 1. The monoisotopic (exact) mass is 356 g/mol. The number of hydrogen-bond donors (Lipinski definition) is 1. The van der Waals surface area contributed by atoms with Crippen LogP contribution in [0.2, 0.25) is 5.02 Å². The fourth-order valence-corrected chi connectivity index (χ4v) is 3.01. The van der Waals surface area contributed by atoms with Gasteiger partial charge in [0.25, 0.3) is 0 Å². The van der Waals surface area contributed by atoms with Gasteiger partial charge in [-0.15, -0.1) is 0 Å². The van der Waals surface area contributed by atoms with Gasteiger partial charge in [-0.1, -0.05) is 23.7 Å². The van der Waals surface area contributed by atoms with Gasteiger partial charge in [-0.25, -0.2) is 0 Å². The lowest BCUT2D eigenvalue weighted by Crippen LogP contribution is -1.93. The number of aromatic nitrogens is 2. The maximum atomic E-state index is 9.09. The molecule has 0 atom stereocenters. The molecule has 2 aromatic heterocycles. The van der Waals surface area contributed by atoms with Crippen molar-refractivity contribution in [2.45, 2.75) is 0 Å². The van der Waals surface area contributed by atoms with Crippen molar-refractivity contribution in [1.29, 1.82) is 5.26 Å². The average Bonchev–Trinajstić information content (AvgIpc) is 2.68. The van der Waals surface area contributed by atoms with E-state index >= 15 is 0 Å². The predicted octanol–water partition coefficient (Wildman–Crippen LogP) is 5.57. The van der Waals surface area contributed by atoms with Gasteiger partial charge in [-0.3, -0.25) is 9.97 Å². The van der Waals surface area contributed by atoms with E-state index in [1.54, 1.807) is 18.6 Å². The van der Waals surface area contributed by atoms with Gasteiger partial charge in [0.05, 0.1) is 11.1 Å². The van der Waals surface area contributed by atoms with Crippen molar-refractivity contribution in [3.63, 3.8) is 0 Å². The maximum absolute atomic E-state index is 9.09. The maximum Gasteiger partial charge on any atom is 0.101 e. The number of benzene rings is 2. The zero-order valence-electron chi connectivity index (χ0n) is 13.6. The summed E-state index contributed by atoms with van der Waals surface area (Å²) >= 11 is 6.08. The number of nitrogens with one attached hydrogen (secondary N) is 1. The predicted molar refractivity (Wildman–Crippen MR) is 104 cm³/mol. The first-order valence-electron chi connectivity index (χ1n) is 8.00. The zero-order valence-corrected chi connectivity index (χ0v) is 14.4. The van der Waals surface area contributed by atoms with Gasteiger partial charge in [-0.2, -0.15) is 5.26 Å². The molecule has 0 aliphatic heterocycles. The summed E-state index contributed by atoms with van der Waals surface area (Å²) < 4.78 is 0. The Hall–Kier alpha value is -3.42. The molecule has 4 nitrogen and oxygen atoms in total. The lowest BCUT2D eigenvalue weighted by Gasteiger charge is -2.11. The van der Waals surface area contributed by atoms with Crippen molar-refractivity contribution in [2.24, 2.45) is 0 Å². The van der Waals surface area contributed by atoms with E-state index in [-0.39, 0.29) is 0 Å². The number of nitrogens with zero attached hydrogens (tertiary/aromatic N) is 3. The summed E-state index contributed by atoms with van der Waals surface area (Å²) in [5.41, 5.74) is 5.12. The summed E-state index contributed by atoms with van der Waals surface area (Å²) in [5.74, 6) is 0. The standard InChI is InChI=1S/C21H13ClN4/c22-17-2-1-3-18(10-17)26-21-6-7-25-20-5-4-15(9-19(20)21)16-8-14(11-23)12-24-13-16/h1-10,12-13H,(H,25,26). The highest BCUT2D eigenvalue weighted by Crippen LogP contribution is 2.30. The Morgan fingerprint density at radius 3 is 2.73 bits per heavy atom. The third kappa shape index (κ3) is 3.21. The van der Waals surface area contributed by atoms with Gasteiger partial charge >= 0.3 is 0 Å². The number of nitriles is 1. The number of halogens is 1. The van der Waals surface area contributed by atoms with Crippen molar-refractivity contribution in [1.82, 2.24) is 9.97 Å². The van der Waals surface area contributed by atoms with E-state index in [9.17, 15) is 0 Å². The number of pyridine rings is 2. The molecule has 0 bridgehead atoms. The Morgan fingerprint density at radius 1 is 0.962 bits per heavy atom. The first kappa shape index (κ1) is 16.1. The molecule has 1 N–H and O–H groups in total. The Balaban J connectivity index is 1.80. The lowest BCUT2D eigenvalue weighted by molar-refractivity contribution is 1.30. The van der Waals surface area contributed by atoms with Crippen LogP contribution in [0.25, 0.3) is 22.0 Å². The summed E-state index contributed by atoms with van der Waals surface area (Å²) in [6.07, 6.45) is 5.08. The minimum absolute atomic E-state index is 0.533. The molecule has 0 unspecified atom stereocenters. The first-order chi connectivity index (χ1) is 12.7. The van der Waals surface area contributed by atoms with Crippen LogP contribution in [0, 0.1) is 11.3 Å². The fraction of sp³-hybridized carbons (Fsp3) is 0. The Labute approximate surface area is 155 Å². The minimum atomic E-state index is 0.533. The molecule has 4 rings (SSSR count). The molecular weight excluding hydrogens is 344 g/mol. The molecule has 2 aromatic carbocycles. The fourth-order valence-electron chi connectivity index (χ4n) is 2.82. The topological polar surface area (TPSA) is 61.6 Å². The van der Waals surface area contributed by atoms with Gasteiger partial charge < -0.3 is 5.32 Å². The summed E-state index contributed by atoms with van der Waals surface area (Å²) in [6, 6.07) is 19.4. The number of rotatable bonds is 3. The van der Waals surface area contributed by atoms with E-state index < -0.39 is 0 Å². The van der Waals surface area contributed by atoms with Gasteiger partial charge in [-0.05, 0) is 48.0 Å². The summed E-state index contributed by atoms with van der Waals surface area (Å²) in [4.78, 5) is 8.58. The van der Waals surface area contributed by atoms with Crippen molar-refractivity contribution in [3.8, 4) is 17.2 Å². The van der Waals surface area contributed by atoms with E-state index in [0.29, 0.717) is 10.6 Å². The highest BCUT2D eigenvalue weighted by molar-refractivity contribution is 6.30. The van der Waals surface area contributed by atoms with Crippen molar-refractivity contribution >= 4 is 33.9 Å². The normalized spacial score (nSPS) is 10.5. The zero-order chi connectivity index (χ0) is 17.9. The molecule has 4 aromatic rings. The van der Waals surface area contributed by atoms with Crippen LogP contribution in [0.3, 0.4) is 0 Å². The van der Waals surface area contributed by atoms with Crippen LogP contribution >= 0.6 is 11.6 Å². The molecule has 0 amide bonds. The molecule has 5 heteroatoms. The lowest BCUT2D eigenvalue weighted by atomic mass is 10.0. The van der Waals surface area contributed by atoms with Crippen molar-refractivity contribution in [3.05, 3.63) is 83.8 Å². The Kier molecular flexibility index (Phi) is 4.22. The van der Waals surface area contributed by atoms with Crippen LogP contribution in [0.4, 0.5) is 11.4 Å². The van der Waals surface area contributed by atoms with E-state index in [4.69, 9.17) is 16.9 Å². The van der Waals surface area contributed by atoms with Crippen LogP contribution in [0.1, 0.15) is 5.56 Å². The van der Waals surface area contributed by atoms with Crippen molar-refractivity contribution in [2.75, 3.05) is 5.32 Å². The molecule has 26 heavy (non-hydrogen) atoms. The SMILES string of the molecule is N#Cc1cncc(-c2ccc3nccc(Nc4cccc(Cl)c4)c3c2)c1. The second kappa shape index (κ2) is 6.83. The molecular formula is C21H13ClN4. The molecule has 0 aliphatic rings. The third-order valence-electron chi connectivity index (χ3n) is 4.05. The van der Waals surface area contributed by atoms with E-state index in [1.807, 2.05) is 54.6 Å². The number of anilines is 2. The smallest absolute Gasteiger partial charge is 0.101 e. The van der Waals surface area contributed by atoms with Gasteiger partial charge in [0.15, 0.2) is 0 Å². The van der Waals surface area contributed by atoms with E-state index in [2.05, 4.69) is 21.4 Å². The molecule has 0 spiro atoms. The molecule has 0 saturated carbocycles. The molecule has 0 aliphatic carbocycles. The second-order valence-electron chi connectivity index (χ2n) is 5.80. The third-order valence-corrected chi connectivity index (χ3v) is 4.28. The Morgan fingerprint density at radius 2 is 1.88 bits per heavy atom. The second-order valence-corrected chi connectivity index (χ2v) is 6.24. The van der Waals surface area contributed by atoms with E-state index in [1.165, 1.54) is 0 Å². The highest BCUT2D eigenvalue weighted by Gasteiger charge is 2.07. The molecule has 2 heterocycles. The van der Waals surface area contributed by atoms with Crippen LogP contribution < -0.4 is 5.32 Å². The molecule has 124 valence electrons. The largest absolute Gasteiger partial charge is 0.355 e. The van der Waals surface area contributed by atoms with Crippen LogP contribution in [-0.4, -0.2) is 9.97 Å². The Bertz CT molecular complexity index is 1150. The molecule has 0 fully saturated rings. The van der Waals surface area contributed by atoms with Crippen LogP contribution in [0.5, 0.6) is 0 Å². The molecule has 0 radical (unpaired) electrons. The van der Waals surface area contributed by atoms with E-state index in [0.717, 1.165) is 33.4 Å². The minimum Gasteiger partial charge on any atom is -0.355 e. The number of hydrogen-bond acceptors (Lipinski definition) is 4. The summed E-state index contributed by atoms with van der Waals surface area (Å²) in [6.45, 7) is 0. The van der Waals surface area contributed by atoms with Crippen molar-refractivity contribution < 1.29 is 0 Å². The van der Waals surface area contributed by atoms with Gasteiger partial charge in [0.2, 0.25) is 0 Å². The van der Waals surface area contributed by atoms with Gasteiger partial charge in [0.1, 0.15) is 6.07 Å². The summed E-state index contributed by atoms with van der Waals surface area (Å²) in [5, 5.41) is 14.1. The molecule has 0 saturated heterocycles. The van der Waals surface area contributed by atoms with Crippen LogP contribution in [-0.2, 0) is 0 Å².